The maximum Gasteiger partial charge on any atom is 0.100 e. The van der Waals surface area contributed by atoms with Crippen molar-refractivity contribution < 1.29 is 4.39 Å². The zero-order valence-corrected chi connectivity index (χ0v) is 8.07. The lowest BCUT2D eigenvalue weighted by molar-refractivity contribution is 0.260. The summed E-state index contributed by atoms with van der Waals surface area (Å²) in [7, 11) is 0. The largest absolute Gasteiger partial charge is 0.247 e. The second-order valence-electron chi connectivity index (χ2n) is 3.49. The highest BCUT2D eigenvalue weighted by atomic mass is 19.1. The third-order valence-corrected chi connectivity index (χ3v) is 2.15. The fourth-order valence-electron chi connectivity index (χ4n) is 1.27. The molecular formula is C10H21F. The Labute approximate surface area is 70.2 Å². The Balaban J connectivity index is 3.27. The molecule has 0 aromatic rings. The van der Waals surface area contributed by atoms with Crippen LogP contribution in [0.2, 0.25) is 0 Å². The van der Waals surface area contributed by atoms with Crippen LogP contribution in [0.25, 0.3) is 0 Å². The van der Waals surface area contributed by atoms with Crippen molar-refractivity contribution in [1.82, 2.24) is 0 Å². The zero-order chi connectivity index (χ0) is 8.69. The molecule has 68 valence electrons. The van der Waals surface area contributed by atoms with Gasteiger partial charge in [0.25, 0.3) is 0 Å². The molecule has 0 aliphatic carbocycles. The number of halogens is 1. The topological polar surface area (TPSA) is 0 Å². The molecule has 0 saturated heterocycles. The number of hydrogen-bond donors (Lipinski definition) is 0. The molecule has 0 N–H and O–H groups in total. The van der Waals surface area contributed by atoms with Gasteiger partial charge in [-0.2, -0.15) is 0 Å². The molecule has 0 spiro atoms. The van der Waals surface area contributed by atoms with E-state index in [2.05, 4.69) is 13.8 Å². The maximum absolute atomic E-state index is 12.8. The van der Waals surface area contributed by atoms with Gasteiger partial charge in [0.1, 0.15) is 6.17 Å². The van der Waals surface area contributed by atoms with E-state index in [1.807, 2.05) is 6.92 Å². The number of unbranched alkanes of at least 4 members (excludes halogenated alkanes) is 1. The molecule has 0 heterocycles. The zero-order valence-electron chi connectivity index (χ0n) is 8.07. The van der Waals surface area contributed by atoms with Crippen molar-refractivity contribution in [3.8, 4) is 0 Å². The van der Waals surface area contributed by atoms with Gasteiger partial charge >= 0.3 is 0 Å². The molecule has 0 aliphatic rings. The first-order valence-corrected chi connectivity index (χ1v) is 4.84. The van der Waals surface area contributed by atoms with Crippen LogP contribution < -0.4 is 0 Å². The SMILES string of the molecule is CCCCC(C)CC(F)CC. The third kappa shape index (κ3) is 6.33. The average Bonchev–Trinajstić information content (AvgIpc) is 2.00. The summed E-state index contributed by atoms with van der Waals surface area (Å²) in [5.41, 5.74) is 0. The van der Waals surface area contributed by atoms with Crippen molar-refractivity contribution in [3.63, 3.8) is 0 Å². The summed E-state index contributed by atoms with van der Waals surface area (Å²) in [5, 5.41) is 0. The lowest BCUT2D eigenvalue weighted by Crippen LogP contribution is -2.05. The standard InChI is InChI=1S/C10H21F/c1-4-6-7-9(3)8-10(11)5-2/h9-10H,4-8H2,1-3H3. The lowest BCUT2D eigenvalue weighted by atomic mass is 9.97. The van der Waals surface area contributed by atoms with Crippen molar-refractivity contribution >= 4 is 0 Å². The predicted molar refractivity (Wildman–Crippen MR) is 48.5 cm³/mol. The van der Waals surface area contributed by atoms with Crippen molar-refractivity contribution in [3.05, 3.63) is 0 Å². The maximum atomic E-state index is 12.8. The van der Waals surface area contributed by atoms with E-state index in [1.54, 1.807) is 0 Å². The van der Waals surface area contributed by atoms with Crippen LogP contribution >= 0.6 is 0 Å². The molecule has 0 fully saturated rings. The highest BCUT2D eigenvalue weighted by molar-refractivity contribution is 4.60. The molecule has 0 aromatic carbocycles. The van der Waals surface area contributed by atoms with E-state index >= 15 is 0 Å². The Morgan fingerprint density at radius 3 is 2.36 bits per heavy atom. The number of hydrogen-bond acceptors (Lipinski definition) is 0. The van der Waals surface area contributed by atoms with Gasteiger partial charge in [0.2, 0.25) is 0 Å². The van der Waals surface area contributed by atoms with Gasteiger partial charge in [-0.3, -0.25) is 0 Å². The number of rotatable bonds is 6. The Kier molecular flexibility index (Phi) is 6.59. The first-order valence-electron chi connectivity index (χ1n) is 4.84. The van der Waals surface area contributed by atoms with Crippen molar-refractivity contribution in [2.45, 2.75) is 59.0 Å². The van der Waals surface area contributed by atoms with E-state index in [-0.39, 0.29) is 0 Å². The molecule has 0 radical (unpaired) electrons. The Hall–Kier alpha value is -0.0700. The molecular weight excluding hydrogens is 139 g/mol. The molecule has 0 rings (SSSR count). The second-order valence-corrected chi connectivity index (χ2v) is 3.49. The van der Waals surface area contributed by atoms with Crippen LogP contribution in [-0.2, 0) is 0 Å². The van der Waals surface area contributed by atoms with Crippen LogP contribution in [0, 0.1) is 5.92 Å². The van der Waals surface area contributed by atoms with Crippen LogP contribution in [0.15, 0.2) is 0 Å². The van der Waals surface area contributed by atoms with E-state index in [4.69, 9.17) is 0 Å². The minimum absolute atomic E-state index is 0.568. The van der Waals surface area contributed by atoms with Gasteiger partial charge < -0.3 is 0 Å². The van der Waals surface area contributed by atoms with Gasteiger partial charge in [0.15, 0.2) is 0 Å². The van der Waals surface area contributed by atoms with E-state index in [1.165, 1.54) is 19.3 Å². The van der Waals surface area contributed by atoms with Crippen LogP contribution in [0.1, 0.15) is 52.9 Å². The average molecular weight is 160 g/mol. The summed E-state index contributed by atoms with van der Waals surface area (Å²) in [5.74, 6) is 0.574. The Bertz CT molecular complexity index is 80.9. The monoisotopic (exact) mass is 160 g/mol. The molecule has 1 heteroatoms. The van der Waals surface area contributed by atoms with Gasteiger partial charge in [-0.15, -0.1) is 0 Å². The summed E-state index contributed by atoms with van der Waals surface area (Å²) < 4.78 is 12.8. The normalized spacial score (nSPS) is 16.4. The summed E-state index contributed by atoms with van der Waals surface area (Å²) in [6.07, 6.45) is 4.54. The van der Waals surface area contributed by atoms with Gasteiger partial charge in [-0.1, -0.05) is 40.0 Å². The smallest absolute Gasteiger partial charge is 0.100 e. The van der Waals surface area contributed by atoms with Crippen LogP contribution in [-0.4, -0.2) is 6.17 Å². The van der Waals surface area contributed by atoms with E-state index < -0.39 is 6.17 Å². The lowest BCUT2D eigenvalue weighted by Gasteiger charge is -2.12. The Morgan fingerprint density at radius 2 is 1.91 bits per heavy atom. The highest BCUT2D eigenvalue weighted by Crippen LogP contribution is 2.17. The van der Waals surface area contributed by atoms with Crippen LogP contribution in [0.4, 0.5) is 4.39 Å². The molecule has 0 nitrogen and oxygen atoms in total. The highest BCUT2D eigenvalue weighted by Gasteiger charge is 2.08. The van der Waals surface area contributed by atoms with Crippen molar-refractivity contribution in [2.75, 3.05) is 0 Å². The van der Waals surface area contributed by atoms with Crippen molar-refractivity contribution in [1.29, 1.82) is 0 Å². The third-order valence-electron chi connectivity index (χ3n) is 2.15. The quantitative estimate of drug-likeness (QED) is 0.552. The fourth-order valence-corrected chi connectivity index (χ4v) is 1.27. The van der Waals surface area contributed by atoms with Crippen LogP contribution in [0.5, 0.6) is 0 Å². The minimum atomic E-state index is -0.568. The first kappa shape index (κ1) is 10.9. The summed E-state index contributed by atoms with van der Waals surface area (Å²) in [4.78, 5) is 0. The first-order chi connectivity index (χ1) is 5.20. The summed E-state index contributed by atoms with van der Waals surface area (Å²) in [6.45, 7) is 6.24. The van der Waals surface area contributed by atoms with Gasteiger partial charge in [-0.25, -0.2) is 4.39 Å². The fraction of sp³-hybridized carbons (Fsp3) is 1.00. The minimum Gasteiger partial charge on any atom is -0.247 e. The molecule has 0 aromatic heterocycles. The van der Waals surface area contributed by atoms with Gasteiger partial charge in [0.05, 0.1) is 0 Å². The summed E-state index contributed by atoms with van der Waals surface area (Å²) in [6, 6.07) is 0. The van der Waals surface area contributed by atoms with E-state index in [0.717, 1.165) is 6.42 Å². The second kappa shape index (κ2) is 6.63. The molecule has 0 amide bonds. The molecule has 2 unspecified atom stereocenters. The van der Waals surface area contributed by atoms with E-state index in [9.17, 15) is 4.39 Å². The summed E-state index contributed by atoms with van der Waals surface area (Å²) >= 11 is 0. The van der Waals surface area contributed by atoms with Gasteiger partial charge in [0, 0.05) is 0 Å². The molecule has 2 atom stereocenters. The van der Waals surface area contributed by atoms with Crippen LogP contribution in [0.3, 0.4) is 0 Å². The Morgan fingerprint density at radius 1 is 1.27 bits per heavy atom. The van der Waals surface area contributed by atoms with E-state index in [0.29, 0.717) is 12.3 Å². The number of alkyl halides is 1. The molecule has 0 aliphatic heterocycles. The molecule has 0 saturated carbocycles. The van der Waals surface area contributed by atoms with Crippen molar-refractivity contribution in [2.24, 2.45) is 5.92 Å². The predicted octanol–water partition coefficient (Wildman–Crippen LogP) is 3.95. The van der Waals surface area contributed by atoms with Gasteiger partial charge in [-0.05, 0) is 18.8 Å². The molecule has 0 bridgehead atoms. The molecule has 11 heavy (non-hydrogen) atoms.